The molecule has 1 aromatic heterocycles. The minimum Gasteiger partial charge on any atom is -0.357 e. The highest BCUT2D eigenvalue weighted by Gasteiger charge is 2.36. The van der Waals surface area contributed by atoms with Crippen LogP contribution in [0.15, 0.2) is 35.8 Å². The number of nitrogens with zero attached hydrogens (tertiary/aromatic N) is 3. The van der Waals surface area contributed by atoms with Crippen molar-refractivity contribution in [3.63, 3.8) is 0 Å². The maximum atomic E-state index is 4.11. The molecule has 1 N–H and O–H groups in total. The molecule has 112 valence electrons. The highest BCUT2D eigenvalue weighted by atomic mass is 32.1. The van der Waals surface area contributed by atoms with Gasteiger partial charge in [-0.3, -0.25) is 4.90 Å². The van der Waals surface area contributed by atoms with Gasteiger partial charge in [-0.2, -0.15) is 0 Å². The van der Waals surface area contributed by atoms with E-state index in [-0.39, 0.29) is 5.41 Å². The van der Waals surface area contributed by atoms with Gasteiger partial charge in [0.15, 0.2) is 0 Å². The second-order valence-electron chi connectivity index (χ2n) is 6.41. The third-order valence-electron chi connectivity index (χ3n) is 4.22. The minimum atomic E-state index is 0.221. The van der Waals surface area contributed by atoms with Crippen molar-refractivity contribution in [2.24, 2.45) is 5.41 Å². The smallest absolute Gasteiger partial charge is 0.205 e. The van der Waals surface area contributed by atoms with E-state index in [9.17, 15) is 0 Å². The first kappa shape index (κ1) is 14.5. The van der Waals surface area contributed by atoms with Crippen LogP contribution in [-0.4, -0.2) is 34.2 Å². The average Bonchev–Trinajstić information content (AvgIpc) is 2.95. The largest absolute Gasteiger partial charge is 0.357 e. The molecule has 2 heterocycles. The van der Waals surface area contributed by atoms with E-state index in [0.29, 0.717) is 6.04 Å². The standard InChI is InChI=1S/C16H22N4S/c1-16(2)11-20(10-13-6-4-3-5-7-13)9-8-14(16)18-15-19-17-12-21-15/h3-7,12,14H,8-11H2,1-2H3,(H,18,19). The van der Waals surface area contributed by atoms with Crippen LogP contribution in [0.2, 0.25) is 0 Å². The first-order chi connectivity index (χ1) is 10.1. The number of likely N-dealkylation sites (tertiary alicyclic amines) is 1. The number of hydrogen-bond donors (Lipinski definition) is 1. The zero-order chi connectivity index (χ0) is 14.7. The molecule has 5 heteroatoms. The fraction of sp³-hybridized carbons (Fsp3) is 0.500. The highest BCUT2D eigenvalue weighted by molar-refractivity contribution is 7.13. The summed E-state index contributed by atoms with van der Waals surface area (Å²) in [7, 11) is 0. The Morgan fingerprint density at radius 2 is 2.14 bits per heavy atom. The van der Waals surface area contributed by atoms with E-state index >= 15 is 0 Å². The van der Waals surface area contributed by atoms with E-state index in [2.05, 4.69) is 64.6 Å². The first-order valence-corrected chi connectivity index (χ1v) is 8.30. The van der Waals surface area contributed by atoms with Crippen LogP contribution in [0.4, 0.5) is 5.13 Å². The van der Waals surface area contributed by atoms with Gasteiger partial charge in [0.2, 0.25) is 5.13 Å². The molecule has 0 radical (unpaired) electrons. The van der Waals surface area contributed by atoms with Crippen molar-refractivity contribution in [1.29, 1.82) is 0 Å². The van der Waals surface area contributed by atoms with Gasteiger partial charge in [0, 0.05) is 25.7 Å². The molecule has 1 atom stereocenters. The zero-order valence-electron chi connectivity index (χ0n) is 12.6. The average molecular weight is 302 g/mol. The number of anilines is 1. The van der Waals surface area contributed by atoms with Gasteiger partial charge in [-0.05, 0) is 17.4 Å². The molecule has 1 unspecified atom stereocenters. The molecule has 0 aliphatic carbocycles. The number of piperidine rings is 1. The van der Waals surface area contributed by atoms with Crippen LogP contribution in [0.5, 0.6) is 0 Å². The number of aromatic nitrogens is 2. The SMILES string of the molecule is CC1(C)CN(Cc2ccccc2)CCC1Nc1nncs1. The van der Waals surface area contributed by atoms with Crippen molar-refractivity contribution >= 4 is 16.5 Å². The van der Waals surface area contributed by atoms with Crippen LogP contribution in [0.3, 0.4) is 0 Å². The summed E-state index contributed by atoms with van der Waals surface area (Å²) in [6.45, 7) is 7.93. The minimum absolute atomic E-state index is 0.221. The molecule has 0 saturated carbocycles. The van der Waals surface area contributed by atoms with E-state index in [4.69, 9.17) is 0 Å². The summed E-state index contributed by atoms with van der Waals surface area (Å²) in [4.78, 5) is 2.55. The van der Waals surface area contributed by atoms with E-state index in [1.165, 1.54) is 5.56 Å². The Hall–Kier alpha value is -1.46. The lowest BCUT2D eigenvalue weighted by Crippen LogP contribution is -2.51. The molecule has 0 spiro atoms. The quantitative estimate of drug-likeness (QED) is 0.941. The molecular weight excluding hydrogens is 280 g/mol. The lowest BCUT2D eigenvalue weighted by Gasteiger charge is -2.44. The van der Waals surface area contributed by atoms with Crippen LogP contribution < -0.4 is 5.32 Å². The molecule has 3 rings (SSSR count). The molecular formula is C16H22N4S. The van der Waals surface area contributed by atoms with Crippen LogP contribution >= 0.6 is 11.3 Å². The number of rotatable bonds is 4. The summed E-state index contributed by atoms with van der Waals surface area (Å²) in [5.74, 6) is 0. The Labute approximate surface area is 130 Å². The monoisotopic (exact) mass is 302 g/mol. The van der Waals surface area contributed by atoms with Crippen LogP contribution in [0.1, 0.15) is 25.8 Å². The van der Waals surface area contributed by atoms with Gasteiger partial charge in [-0.15, -0.1) is 10.2 Å². The van der Waals surface area contributed by atoms with Gasteiger partial charge in [0.1, 0.15) is 5.51 Å². The number of nitrogens with one attached hydrogen (secondary N) is 1. The summed E-state index contributed by atoms with van der Waals surface area (Å²) in [6, 6.07) is 11.2. The Morgan fingerprint density at radius 1 is 1.33 bits per heavy atom. The summed E-state index contributed by atoms with van der Waals surface area (Å²) in [5.41, 5.74) is 3.39. The van der Waals surface area contributed by atoms with Gasteiger partial charge in [-0.25, -0.2) is 0 Å². The second-order valence-corrected chi connectivity index (χ2v) is 7.25. The predicted octanol–water partition coefficient (Wildman–Crippen LogP) is 3.25. The first-order valence-electron chi connectivity index (χ1n) is 7.42. The van der Waals surface area contributed by atoms with Gasteiger partial charge in [0.05, 0.1) is 0 Å². The molecule has 1 fully saturated rings. The van der Waals surface area contributed by atoms with Crippen LogP contribution in [0, 0.1) is 5.41 Å². The molecule has 0 amide bonds. The third kappa shape index (κ3) is 3.60. The van der Waals surface area contributed by atoms with Gasteiger partial charge in [0.25, 0.3) is 0 Å². The molecule has 21 heavy (non-hydrogen) atoms. The van der Waals surface area contributed by atoms with Gasteiger partial charge >= 0.3 is 0 Å². The Morgan fingerprint density at radius 3 is 2.81 bits per heavy atom. The molecule has 1 aliphatic rings. The predicted molar refractivity (Wildman–Crippen MR) is 87.4 cm³/mol. The lowest BCUT2D eigenvalue weighted by molar-refractivity contribution is 0.0978. The Balaban J connectivity index is 1.61. The third-order valence-corrected chi connectivity index (χ3v) is 4.84. The maximum Gasteiger partial charge on any atom is 0.205 e. The number of hydrogen-bond acceptors (Lipinski definition) is 5. The summed E-state index contributed by atoms with van der Waals surface area (Å²) in [5, 5.41) is 12.5. The van der Waals surface area contributed by atoms with Crippen molar-refractivity contribution in [1.82, 2.24) is 15.1 Å². The van der Waals surface area contributed by atoms with Crippen molar-refractivity contribution in [2.75, 3.05) is 18.4 Å². The van der Waals surface area contributed by atoms with Crippen molar-refractivity contribution in [2.45, 2.75) is 32.9 Å². The molecule has 2 aromatic rings. The van der Waals surface area contributed by atoms with Gasteiger partial charge < -0.3 is 5.32 Å². The normalized spacial score (nSPS) is 22.1. The summed E-state index contributed by atoms with van der Waals surface area (Å²) < 4.78 is 0. The fourth-order valence-electron chi connectivity index (χ4n) is 3.10. The van der Waals surface area contributed by atoms with Crippen LogP contribution in [0.25, 0.3) is 0 Å². The maximum absolute atomic E-state index is 4.11. The van der Waals surface area contributed by atoms with E-state index < -0.39 is 0 Å². The van der Waals surface area contributed by atoms with Gasteiger partial charge in [-0.1, -0.05) is 55.5 Å². The molecule has 1 saturated heterocycles. The van der Waals surface area contributed by atoms with E-state index in [1.54, 1.807) is 16.8 Å². The summed E-state index contributed by atoms with van der Waals surface area (Å²) in [6.07, 6.45) is 1.14. The molecule has 4 nitrogen and oxygen atoms in total. The van der Waals surface area contributed by atoms with Crippen LogP contribution in [-0.2, 0) is 6.54 Å². The fourth-order valence-corrected chi connectivity index (χ4v) is 3.60. The van der Waals surface area contributed by atoms with E-state index in [0.717, 1.165) is 31.2 Å². The van der Waals surface area contributed by atoms with Crippen molar-refractivity contribution in [3.05, 3.63) is 41.4 Å². The zero-order valence-corrected chi connectivity index (χ0v) is 13.4. The van der Waals surface area contributed by atoms with Crippen molar-refractivity contribution in [3.8, 4) is 0 Å². The number of benzene rings is 1. The highest BCUT2D eigenvalue weighted by Crippen LogP contribution is 2.32. The Kier molecular flexibility index (Phi) is 4.22. The topological polar surface area (TPSA) is 41.0 Å². The second kappa shape index (κ2) is 6.12. The molecule has 1 aliphatic heterocycles. The molecule has 0 bridgehead atoms. The Bertz CT molecular complexity index is 553. The molecule has 1 aromatic carbocycles. The van der Waals surface area contributed by atoms with Crippen molar-refractivity contribution < 1.29 is 0 Å². The van der Waals surface area contributed by atoms with E-state index in [1.807, 2.05) is 0 Å². The summed E-state index contributed by atoms with van der Waals surface area (Å²) >= 11 is 1.57. The lowest BCUT2D eigenvalue weighted by atomic mass is 9.79.